The van der Waals surface area contributed by atoms with Gasteiger partial charge in [0.2, 0.25) is 0 Å². The van der Waals surface area contributed by atoms with Crippen LogP contribution in [-0.2, 0) is 27.9 Å². The molecule has 0 fully saturated rings. The van der Waals surface area contributed by atoms with E-state index in [0.29, 0.717) is 17.6 Å². The van der Waals surface area contributed by atoms with E-state index in [1.807, 2.05) is 21.1 Å². The summed E-state index contributed by atoms with van der Waals surface area (Å²) >= 11 is 0. The summed E-state index contributed by atoms with van der Waals surface area (Å²) < 4.78 is 34.6. The summed E-state index contributed by atoms with van der Waals surface area (Å²) in [6, 6.07) is 0. The highest BCUT2D eigenvalue weighted by Gasteiger charge is 2.20. The number of rotatable bonds is 41. The summed E-state index contributed by atoms with van der Waals surface area (Å²) in [5, 5.41) is 0. The van der Waals surface area contributed by atoms with Gasteiger partial charge < -0.3 is 27.9 Å². The molecule has 0 aliphatic carbocycles. The van der Waals surface area contributed by atoms with Gasteiger partial charge in [0.25, 0.3) is 7.82 Å². The van der Waals surface area contributed by atoms with Crippen molar-refractivity contribution < 1.29 is 37.3 Å². The lowest BCUT2D eigenvalue weighted by Crippen LogP contribution is -2.37. The molecule has 0 spiro atoms. The van der Waals surface area contributed by atoms with Gasteiger partial charge in [-0.15, -0.1) is 0 Å². The molecule has 0 aliphatic rings. The largest absolute Gasteiger partial charge is 0.756 e. The minimum absolute atomic E-state index is 0.0206. The molecule has 0 bridgehead atoms. The molecule has 0 radical (unpaired) electrons. The molecule has 0 aliphatic heterocycles. The highest BCUT2D eigenvalue weighted by atomic mass is 31.2. The van der Waals surface area contributed by atoms with E-state index in [1.54, 1.807) is 0 Å². The highest BCUT2D eigenvalue weighted by molar-refractivity contribution is 7.45. The molecule has 2 atom stereocenters. The summed E-state index contributed by atoms with van der Waals surface area (Å²) in [6.45, 7) is 5.28. The summed E-state index contributed by atoms with van der Waals surface area (Å²) in [4.78, 5) is 25.1. The van der Waals surface area contributed by atoms with Crippen LogP contribution in [-0.4, -0.2) is 70.7 Å². The Labute approximate surface area is 339 Å². The lowest BCUT2D eigenvalue weighted by molar-refractivity contribution is -0.870. The van der Waals surface area contributed by atoms with E-state index in [2.05, 4.69) is 62.5 Å². The van der Waals surface area contributed by atoms with Gasteiger partial charge >= 0.3 is 5.97 Å². The van der Waals surface area contributed by atoms with Gasteiger partial charge in [0.1, 0.15) is 19.3 Å². The molecule has 0 rings (SSSR count). The van der Waals surface area contributed by atoms with Crippen molar-refractivity contribution in [2.75, 3.05) is 54.1 Å². The Bertz CT molecular complexity index is 1020. The SMILES string of the molecule is CC/C=C\C/C=C\C/C=C\C/C=C\CCCCCCC(=O)O[C@H](COCCCCCCCCCCCCCCCCCC)COP(=O)([O-])OCC[N+](C)(C)C. The maximum atomic E-state index is 12.7. The molecule has 0 aromatic carbocycles. The Hall–Kier alpha value is -1.54. The number of hydrogen-bond donors (Lipinski definition) is 0. The Balaban J connectivity index is 4.27. The minimum Gasteiger partial charge on any atom is -0.756 e. The zero-order valence-electron chi connectivity index (χ0n) is 36.4. The van der Waals surface area contributed by atoms with Crippen LogP contribution in [0.4, 0.5) is 0 Å². The first-order valence-electron chi connectivity index (χ1n) is 22.4. The van der Waals surface area contributed by atoms with Gasteiger partial charge in [0.15, 0.2) is 0 Å². The molecule has 0 N–H and O–H groups in total. The molecule has 0 amide bonds. The van der Waals surface area contributed by atoms with Crippen molar-refractivity contribution in [2.24, 2.45) is 0 Å². The monoisotopic (exact) mass is 796 g/mol. The smallest absolute Gasteiger partial charge is 0.306 e. The van der Waals surface area contributed by atoms with Crippen molar-refractivity contribution in [2.45, 2.75) is 187 Å². The Morgan fingerprint density at radius 1 is 0.582 bits per heavy atom. The van der Waals surface area contributed by atoms with Gasteiger partial charge in [0.05, 0.1) is 34.4 Å². The average molecular weight is 796 g/mol. The number of phosphoric acid groups is 1. The third kappa shape index (κ3) is 43.4. The second-order valence-corrected chi connectivity index (χ2v) is 17.4. The lowest BCUT2D eigenvalue weighted by atomic mass is 10.0. The molecule has 0 saturated heterocycles. The zero-order valence-corrected chi connectivity index (χ0v) is 37.3. The first kappa shape index (κ1) is 53.5. The van der Waals surface area contributed by atoms with E-state index in [0.717, 1.165) is 70.6 Å². The minimum atomic E-state index is -4.53. The fourth-order valence-electron chi connectivity index (χ4n) is 5.95. The molecule has 8 nitrogen and oxygen atoms in total. The first-order valence-corrected chi connectivity index (χ1v) is 23.8. The van der Waals surface area contributed by atoms with Crippen LogP contribution in [0.25, 0.3) is 0 Å². The predicted molar refractivity (Wildman–Crippen MR) is 231 cm³/mol. The van der Waals surface area contributed by atoms with Crippen LogP contribution >= 0.6 is 7.82 Å². The summed E-state index contributed by atoms with van der Waals surface area (Å²) in [6.07, 6.45) is 46.9. The third-order valence-electron chi connectivity index (χ3n) is 9.39. The number of allylic oxidation sites excluding steroid dienone is 8. The van der Waals surface area contributed by atoms with Crippen molar-refractivity contribution in [3.63, 3.8) is 0 Å². The maximum absolute atomic E-state index is 12.7. The molecule has 0 saturated carbocycles. The molecule has 9 heteroatoms. The number of quaternary nitrogens is 1. The molecule has 322 valence electrons. The molecule has 0 aromatic rings. The number of ether oxygens (including phenoxy) is 2. The fourth-order valence-corrected chi connectivity index (χ4v) is 6.68. The van der Waals surface area contributed by atoms with Crippen LogP contribution in [0.3, 0.4) is 0 Å². The van der Waals surface area contributed by atoms with Crippen molar-refractivity contribution in [3.05, 3.63) is 48.6 Å². The van der Waals surface area contributed by atoms with Gasteiger partial charge in [-0.1, -0.05) is 172 Å². The van der Waals surface area contributed by atoms with Gasteiger partial charge in [0, 0.05) is 13.0 Å². The van der Waals surface area contributed by atoms with Gasteiger partial charge in [-0.05, 0) is 51.4 Å². The van der Waals surface area contributed by atoms with Crippen molar-refractivity contribution in [1.29, 1.82) is 0 Å². The number of likely N-dealkylation sites (N-methyl/N-ethyl adjacent to an activating group) is 1. The van der Waals surface area contributed by atoms with E-state index in [1.165, 1.54) is 89.9 Å². The van der Waals surface area contributed by atoms with Crippen LogP contribution in [0.1, 0.15) is 181 Å². The van der Waals surface area contributed by atoms with Crippen molar-refractivity contribution in [3.8, 4) is 0 Å². The molecule has 1 unspecified atom stereocenters. The predicted octanol–water partition coefficient (Wildman–Crippen LogP) is 12.5. The number of phosphoric ester groups is 1. The van der Waals surface area contributed by atoms with Gasteiger partial charge in [-0.25, -0.2) is 0 Å². The van der Waals surface area contributed by atoms with Crippen LogP contribution in [0, 0.1) is 0 Å². The molecular formula is C46H86NO7P. The second-order valence-electron chi connectivity index (χ2n) is 16.0. The summed E-state index contributed by atoms with van der Waals surface area (Å²) in [5.74, 6) is -0.356. The van der Waals surface area contributed by atoms with E-state index in [-0.39, 0.29) is 32.2 Å². The lowest BCUT2D eigenvalue weighted by Gasteiger charge is -2.28. The maximum Gasteiger partial charge on any atom is 0.306 e. The number of esters is 1. The van der Waals surface area contributed by atoms with Crippen LogP contribution in [0.5, 0.6) is 0 Å². The number of hydrogen-bond acceptors (Lipinski definition) is 7. The average Bonchev–Trinajstić information content (AvgIpc) is 3.13. The zero-order chi connectivity index (χ0) is 40.6. The quantitative estimate of drug-likeness (QED) is 0.0200. The molecule has 0 aromatic heterocycles. The number of carbonyl (C=O) groups is 1. The Morgan fingerprint density at radius 2 is 1.05 bits per heavy atom. The van der Waals surface area contributed by atoms with Crippen molar-refractivity contribution >= 4 is 13.8 Å². The Kier molecular flexibility index (Phi) is 38.2. The van der Waals surface area contributed by atoms with E-state index >= 15 is 0 Å². The van der Waals surface area contributed by atoms with Crippen LogP contribution in [0.2, 0.25) is 0 Å². The number of carbonyl (C=O) groups excluding carboxylic acids is 1. The van der Waals surface area contributed by atoms with E-state index < -0.39 is 13.9 Å². The Morgan fingerprint density at radius 3 is 1.58 bits per heavy atom. The molecule has 55 heavy (non-hydrogen) atoms. The second kappa shape index (κ2) is 39.3. The summed E-state index contributed by atoms with van der Waals surface area (Å²) in [7, 11) is 1.34. The molecular weight excluding hydrogens is 709 g/mol. The standard InChI is InChI=1S/C46H86NO7P/c1-6-8-10-12-14-16-18-20-22-24-25-27-29-31-33-35-37-39-46(48)54-45(44-53-55(49,50)52-42-40-47(3,4)5)43-51-41-38-36-34-32-30-28-26-23-21-19-17-15-13-11-9-7-2/h8,10,14,16,20,22,25,27,45H,6-7,9,11-13,15,17-19,21,23-24,26,28-44H2,1-5H3/b10-8-,16-14-,22-20-,27-25-/t45-/m1/s1. The third-order valence-corrected chi connectivity index (χ3v) is 10.4. The van der Waals surface area contributed by atoms with E-state index in [9.17, 15) is 14.3 Å². The van der Waals surface area contributed by atoms with E-state index in [4.69, 9.17) is 18.5 Å². The topological polar surface area (TPSA) is 94.1 Å². The first-order chi connectivity index (χ1) is 26.6. The molecule has 0 heterocycles. The highest BCUT2D eigenvalue weighted by Crippen LogP contribution is 2.38. The number of unbranched alkanes of at least 4 members (excludes halogenated alkanes) is 19. The summed E-state index contributed by atoms with van der Waals surface area (Å²) in [5.41, 5.74) is 0. The normalized spacial score (nSPS) is 14.2. The number of nitrogens with zero attached hydrogens (tertiary/aromatic N) is 1. The van der Waals surface area contributed by atoms with Gasteiger partial charge in [-0.3, -0.25) is 9.36 Å². The van der Waals surface area contributed by atoms with Crippen LogP contribution < -0.4 is 4.89 Å². The fraction of sp³-hybridized carbons (Fsp3) is 0.804. The van der Waals surface area contributed by atoms with Crippen molar-refractivity contribution in [1.82, 2.24) is 0 Å². The van der Waals surface area contributed by atoms with Gasteiger partial charge in [-0.2, -0.15) is 0 Å². The van der Waals surface area contributed by atoms with Crippen LogP contribution in [0.15, 0.2) is 48.6 Å².